The standard InChI is InChI=1S/C20H19BrN4O3/c1-27-17-7-3-2-5-15(17)18-23-19(28-24-18)16-6-4-12-25(16)20(26)22-14-10-8-13(21)9-11-14/h2-3,5,7-11,16H,4,6,12H2,1H3,(H,22,26)/t16-/m1/s1. The fourth-order valence-electron chi connectivity index (χ4n) is 3.30. The van der Waals surface area contributed by atoms with Crippen molar-refractivity contribution < 1.29 is 14.1 Å². The van der Waals surface area contributed by atoms with Gasteiger partial charge in [0.25, 0.3) is 0 Å². The highest BCUT2D eigenvalue weighted by Gasteiger charge is 2.34. The molecule has 2 amide bonds. The molecule has 1 fully saturated rings. The first-order chi connectivity index (χ1) is 13.7. The molecule has 8 heteroatoms. The van der Waals surface area contributed by atoms with Gasteiger partial charge in [0.15, 0.2) is 0 Å². The summed E-state index contributed by atoms with van der Waals surface area (Å²) in [5.41, 5.74) is 1.49. The van der Waals surface area contributed by atoms with Gasteiger partial charge in [-0.25, -0.2) is 4.79 Å². The zero-order valence-electron chi connectivity index (χ0n) is 15.3. The number of carbonyl (C=O) groups is 1. The van der Waals surface area contributed by atoms with Crippen LogP contribution >= 0.6 is 15.9 Å². The van der Waals surface area contributed by atoms with Crippen LogP contribution in [0.25, 0.3) is 11.4 Å². The number of hydrogen-bond donors (Lipinski definition) is 1. The van der Waals surface area contributed by atoms with Crippen molar-refractivity contribution >= 4 is 27.6 Å². The van der Waals surface area contributed by atoms with Crippen molar-refractivity contribution in [2.75, 3.05) is 19.0 Å². The average Bonchev–Trinajstić information content (AvgIpc) is 3.39. The maximum absolute atomic E-state index is 12.8. The molecule has 0 saturated carbocycles. The summed E-state index contributed by atoms with van der Waals surface area (Å²) in [4.78, 5) is 19.0. The summed E-state index contributed by atoms with van der Waals surface area (Å²) in [6.45, 7) is 0.638. The molecule has 1 N–H and O–H groups in total. The van der Waals surface area contributed by atoms with Crippen molar-refractivity contribution in [1.82, 2.24) is 15.0 Å². The van der Waals surface area contributed by atoms with E-state index < -0.39 is 0 Å². The number of nitrogens with one attached hydrogen (secondary N) is 1. The number of nitrogens with zero attached hydrogens (tertiary/aromatic N) is 3. The Morgan fingerprint density at radius 3 is 2.82 bits per heavy atom. The molecular weight excluding hydrogens is 424 g/mol. The number of likely N-dealkylation sites (tertiary alicyclic amines) is 1. The third-order valence-electron chi connectivity index (χ3n) is 4.68. The molecule has 7 nitrogen and oxygen atoms in total. The Kier molecular flexibility index (Phi) is 5.29. The molecule has 2 aromatic carbocycles. The van der Waals surface area contributed by atoms with E-state index in [2.05, 4.69) is 31.4 Å². The van der Waals surface area contributed by atoms with Gasteiger partial charge in [0.2, 0.25) is 11.7 Å². The maximum Gasteiger partial charge on any atom is 0.322 e. The summed E-state index contributed by atoms with van der Waals surface area (Å²) in [6, 6.07) is 14.5. The second-order valence-corrected chi connectivity index (χ2v) is 7.36. The van der Waals surface area contributed by atoms with Gasteiger partial charge in [-0.3, -0.25) is 0 Å². The lowest BCUT2D eigenvalue weighted by atomic mass is 10.2. The van der Waals surface area contributed by atoms with Gasteiger partial charge in [0.1, 0.15) is 11.8 Å². The van der Waals surface area contributed by atoms with Gasteiger partial charge >= 0.3 is 6.03 Å². The van der Waals surface area contributed by atoms with E-state index in [1.54, 1.807) is 12.0 Å². The molecule has 0 aliphatic carbocycles. The number of carbonyl (C=O) groups excluding carboxylic acids is 1. The first-order valence-corrected chi connectivity index (χ1v) is 9.75. The predicted octanol–water partition coefficient (Wildman–Crippen LogP) is 4.88. The highest BCUT2D eigenvalue weighted by molar-refractivity contribution is 9.10. The molecule has 0 bridgehead atoms. The molecule has 144 valence electrons. The van der Waals surface area contributed by atoms with E-state index in [1.165, 1.54) is 0 Å². The number of para-hydroxylation sites is 1. The molecule has 1 aliphatic rings. The van der Waals surface area contributed by atoms with Gasteiger partial charge < -0.3 is 19.5 Å². The van der Waals surface area contributed by atoms with Crippen LogP contribution < -0.4 is 10.1 Å². The maximum atomic E-state index is 12.8. The zero-order valence-corrected chi connectivity index (χ0v) is 16.8. The van der Waals surface area contributed by atoms with E-state index >= 15 is 0 Å². The van der Waals surface area contributed by atoms with Crippen LogP contribution in [0.4, 0.5) is 10.5 Å². The smallest absolute Gasteiger partial charge is 0.322 e. The quantitative estimate of drug-likeness (QED) is 0.622. The third kappa shape index (κ3) is 3.73. The van der Waals surface area contributed by atoms with Gasteiger partial charge in [0, 0.05) is 16.7 Å². The van der Waals surface area contributed by atoms with Crippen LogP contribution in [0.2, 0.25) is 0 Å². The molecule has 1 saturated heterocycles. The number of hydrogen-bond acceptors (Lipinski definition) is 5. The van der Waals surface area contributed by atoms with E-state index in [0.717, 1.165) is 28.6 Å². The number of aromatic nitrogens is 2. The summed E-state index contributed by atoms with van der Waals surface area (Å²) in [6.07, 6.45) is 1.66. The Hall–Kier alpha value is -2.87. The summed E-state index contributed by atoms with van der Waals surface area (Å²) < 4.78 is 11.8. The van der Waals surface area contributed by atoms with E-state index in [9.17, 15) is 4.79 Å². The molecule has 0 spiro atoms. The number of ether oxygens (including phenoxy) is 1. The fourth-order valence-corrected chi connectivity index (χ4v) is 3.57. The molecule has 28 heavy (non-hydrogen) atoms. The van der Waals surface area contributed by atoms with Crippen LogP contribution in [-0.4, -0.2) is 34.7 Å². The topological polar surface area (TPSA) is 80.5 Å². The van der Waals surface area contributed by atoms with Crippen molar-refractivity contribution in [2.45, 2.75) is 18.9 Å². The van der Waals surface area contributed by atoms with Crippen LogP contribution in [0.3, 0.4) is 0 Å². The molecule has 1 atom stereocenters. The number of benzene rings is 2. The third-order valence-corrected chi connectivity index (χ3v) is 5.21. The highest BCUT2D eigenvalue weighted by Crippen LogP contribution is 2.34. The zero-order chi connectivity index (χ0) is 19.5. The Bertz CT molecular complexity index is 974. The van der Waals surface area contributed by atoms with Gasteiger partial charge in [-0.1, -0.05) is 33.2 Å². The fraction of sp³-hybridized carbons (Fsp3) is 0.250. The molecule has 1 aliphatic heterocycles. The van der Waals surface area contributed by atoms with E-state index in [-0.39, 0.29) is 12.1 Å². The molecule has 0 radical (unpaired) electrons. The average molecular weight is 443 g/mol. The van der Waals surface area contributed by atoms with Crippen molar-refractivity contribution in [2.24, 2.45) is 0 Å². The van der Waals surface area contributed by atoms with Crippen molar-refractivity contribution in [1.29, 1.82) is 0 Å². The molecule has 3 aromatic rings. The number of anilines is 1. The molecule has 0 unspecified atom stereocenters. The minimum absolute atomic E-state index is 0.179. The summed E-state index contributed by atoms with van der Waals surface area (Å²) in [5.74, 6) is 1.56. The second-order valence-electron chi connectivity index (χ2n) is 6.44. The Labute approximate surface area is 170 Å². The first kappa shape index (κ1) is 18.5. The molecule has 2 heterocycles. The van der Waals surface area contributed by atoms with E-state index in [1.807, 2.05) is 48.5 Å². The van der Waals surface area contributed by atoms with Gasteiger partial charge in [-0.15, -0.1) is 0 Å². The predicted molar refractivity (Wildman–Crippen MR) is 108 cm³/mol. The van der Waals surface area contributed by atoms with Gasteiger partial charge in [-0.2, -0.15) is 4.98 Å². The minimum Gasteiger partial charge on any atom is -0.496 e. The lowest BCUT2D eigenvalue weighted by Crippen LogP contribution is -2.34. The van der Waals surface area contributed by atoms with Crippen LogP contribution in [0.1, 0.15) is 24.8 Å². The lowest BCUT2D eigenvalue weighted by molar-refractivity contribution is 0.193. The Morgan fingerprint density at radius 1 is 1.25 bits per heavy atom. The van der Waals surface area contributed by atoms with E-state index in [4.69, 9.17) is 9.26 Å². The minimum atomic E-state index is -0.244. The highest BCUT2D eigenvalue weighted by atomic mass is 79.9. The van der Waals surface area contributed by atoms with Gasteiger partial charge in [-0.05, 0) is 49.2 Å². The lowest BCUT2D eigenvalue weighted by Gasteiger charge is -2.22. The van der Waals surface area contributed by atoms with Crippen molar-refractivity contribution in [3.8, 4) is 17.1 Å². The van der Waals surface area contributed by atoms with Crippen molar-refractivity contribution in [3.05, 3.63) is 58.9 Å². The first-order valence-electron chi connectivity index (χ1n) is 8.96. The van der Waals surface area contributed by atoms with Crippen LogP contribution in [0.15, 0.2) is 57.5 Å². The number of halogens is 1. The summed E-state index contributed by atoms with van der Waals surface area (Å²) in [7, 11) is 1.60. The summed E-state index contributed by atoms with van der Waals surface area (Å²) >= 11 is 3.39. The molecule has 1 aromatic heterocycles. The monoisotopic (exact) mass is 442 g/mol. The van der Waals surface area contributed by atoms with Crippen LogP contribution in [0, 0.1) is 0 Å². The second kappa shape index (κ2) is 8.02. The normalized spacial score (nSPS) is 16.2. The summed E-state index contributed by atoms with van der Waals surface area (Å²) in [5, 5.41) is 7.02. The van der Waals surface area contributed by atoms with Crippen molar-refractivity contribution in [3.63, 3.8) is 0 Å². The molecule has 4 rings (SSSR count). The van der Waals surface area contributed by atoms with E-state index in [0.29, 0.717) is 24.0 Å². The number of methoxy groups -OCH3 is 1. The van der Waals surface area contributed by atoms with Gasteiger partial charge in [0.05, 0.1) is 12.7 Å². The number of rotatable bonds is 4. The van der Waals surface area contributed by atoms with Crippen LogP contribution in [0.5, 0.6) is 5.75 Å². The Balaban J connectivity index is 1.53. The molecular formula is C20H19BrN4O3. The Morgan fingerprint density at radius 2 is 2.04 bits per heavy atom. The number of urea groups is 1. The number of amides is 2. The van der Waals surface area contributed by atoms with Crippen LogP contribution in [-0.2, 0) is 0 Å². The SMILES string of the molecule is COc1ccccc1-c1noc([C@H]2CCCN2C(=O)Nc2ccc(Br)cc2)n1. The largest absolute Gasteiger partial charge is 0.496 e.